The van der Waals surface area contributed by atoms with Gasteiger partial charge < -0.3 is 10.0 Å². The number of rotatable bonds is 0. The number of hydrogen-bond donors (Lipinski definition) is 1. The van der Waals surface area contributed by atoms with Crippen LogP contribution in [0.15, 0.2) is 16.6 Å². The predicted molar refractivity (Wildman–Crippen MR) is 84.2 cm³/mol. The normalized spacial score (nSPS) is 36.3. The predicted octanol–water partition coefficient (Wildman–Crippen LogP) is 3.84. The molecule has 0 aromatic heterocycles. The van der Waals surface area contributed by atoms with E-state index in [4.69, 9.17) is 0 Å². The number of likely N-dealkylation sites (N-methyl/N-ethyl adjacent to an activating group) is 1. The molecule has 1 saturated carbocycles. The van der Waals surface area contributed by atoms with E-state index in [9.17, 15) is 5.11 Å². The lowest BCUT2D eigenvalue weighted by molar-refractivity contribution is 0.00226. The summed E-state index contributed by atoms with van der Waals surface area (Å²) in [7, 11) is 2.30. The molecule has 3 aliphatic rings. The molecule has 1 N–H and O–H groups in total. The second-order valence-electron chi connectivity index (χ2n) is 6.94. The van der Waals surface area contributed by atoms with Crippen molar-refractivity contribution in [2.75, 3.05) is 13.6 Å². The standard InChI is InChI=1S/C17H22BrNO/c1-19-9-8-17-7-3-2-4-12(17)13(19)10-11-5-6-14(20)16(18)15(11)17/h5-6,12-13,20H,2-4,7-10H2,1H3/t12?,13?,17-/m0/s1. The molecule has 108 valence electrons. The highest BCUT2D eigenvalue weighted by atomic mass is 79.9. The monoisotopic (exact) mass is 335 g/mol. The maximum absolute atomic E-state index is 10.2. The average Bonchev–Trinajstić information content (AvgIpc) is 2.46. The summed E-state index contributed by atoms with van der Waals surface area (Å²) in [5.41, 5.74) is 3.23. The third kappa shape index (κ3) is 1.59. The summed E-state index contributed by atoms with van der Waals surface area (Å²) in [5.74, 6) is 1.19. The first-order chi connectivity index (χ1) is 9.63. The minimum absolute atomic E-state index is 0.320. The molecule has 2 unspecified atom stereocenters. The van der Waals surface area contributed by atoms with Crippen LogP contribution in [-0.2, 0) is 11.8 Å². The van der Waals surface area contributed by atoms with E-state index in [1.165, 1.54) is 49.8 Å². The Hall–Kier alpha value is -0.540. The Balaban J connectivity index is 1.95. The van der Waals surface area contributed by atoms with Gasteiger partial charge in [0.05, 0.1) is 4.47 Å². The second-order valence-corrected chi connectivity index (χ2v) is 7.74. The fourth-order valence-corrected chi connectivity index (χ4v) is 6.04. The molecule has 0 radical (unpaired) electrons. The van der Waals surface area contributed by atoms with E-state index in [2.05, 4.69) is 33.9 Å². The van der Waals surface area contributed by atoms with Gasteiger partial charge in [-0.15, -0.1) is 0 Å². The van der Waals surface area contributed by atoms with Crippen LogP contribution in [0.2, 0.25) is 0 Å². The number of phenolic OH excluding ortho intramolecular Hbond substituents is 1. The van der Waals surface area contributed by atoms with Gasteiger partial charge in [-0.25, -0.2) is 0 Å². The minimum atomic E-state index is 0.320. The number of hydrogen-bond acceptors (Lipinski definition) is 2. The minimum Gasteiger partial charge on any atom is -0.507 e. The molecule has 2 aliphatic carbocycles. The van der Waals surface area contributed by atoms with Crippen LogP contribution < -0.4 is 0 Å². The van der Waals surface area contributed by atoms with Crippen molar-refractivity contribution >= 4 is 15.9 Å². The lowest BCUT2D eigenvalue weighted by Crippen LogP contribution is -2.59. The van der Waals surface area contributed by atoms with E-state index in [1.54, 1.807) is 0 Å². The van der Waals surface area contributed by atoms with Gasteiger partial charge in [-0.3, -0.25) is 0 Å². The van der Waals surface area contributed by atoms with Gasteiger partial charge >= 0.3 is 0 Å². The van der Waals surface area contributed by atoms with E-state index in [1.807, 2.05) is 6.07 Å². The van der Waals surface area contributed by atoms with Crippen molar-refractivity contribution < 1.29 is 5.11 Å². The highest BCUT2D eigenvalue weighted by Gasteiger charge is 2.53. The SMILES string of the molecule is CN1CC[C@@]23CCCCC2C1Cc1ccc(O)c(Br)c13. The number of fused-ring (bicyclic) bond motifs is 1. The third-order valence-corrected chi connectivity index (χ3v) is 6.98. The molecule has 1 saturated heterocycles. The van der Waals surface area contributed by atoms with Crippen LogP contribution in [-0.4, -0.2) is 29.6 Å². The molecule has 20 heavy (non-hydrogen) atoms. The van der Waals surface area contributed by atoms with E-state index in [0.29, 0.717) is 17.2 Å². The van der Waals surface area contributed by atoms with Crippen molar-refractivity contribution in [3.8, 4) is 5.75 Å². The fourth-order valence-electron chi connectivity index (χ4n) is 5.26. The van der Waals surface area contributed by atoms with Gasteiger partial charge in [0.25, 0.3) is 0 Å². The van der Waals surface area contributed by atoms with Crippen LogP contribution in [0.25, 0.3) is 0 Å². The van der Waals surface area contributed by atoms with Gasteiger partial charge in [-0.05, 0) is 78.3 Å². The summed E-state index contributed by atoms with van der Waals surface area (Å²) in [6.45, 7) is 1.20. The average molecular weight is 336 g/mol. The molecule has 3 heteroatoms. The summed E-state index contributed by atoms with van der Waals surface area (Å²) in [6, 6.07) is 4.72. The number of phenols is 1. The zero-order chi connectivity index (χ0) is 13.9. The molecular weight excluding hydrogens is 314 g/mol. The molecular formula is C17H22BrNO. The number of halogens is 1. The van der Waals surface area contributed by atoms with E-state index < -0.39 is 0 Å². The summed E-state index contributed by atoms with van der Waals surface area (Å²) >= 11 is 3.70. The van der Waals surface area contributed by atoms with Crippen LogP contribution in [0.5, 0.6) is 5.75 Å². The van der Waals surface area contributed by atoms with Gasteiger partial charge in [-0.2, -0.15) is 0 Å². The largest absolute Gasteiger partial charge is 0.507 e. The van der Waals surface area contributed by atoms with Gasteiger partial charge in [0.2, 0.25) is 0 Å². The van der Waals surface area contributed by atoms with Crippen molar-refractivity contribution in [3.05, 3.63) is 27.7 Å². The quantitative estimate of drug-likeness (QED) is 0.778. The first-order valence-corrected chi connectivity index (χ1v) is 8.64. The first kappa shape index (κ1) is 13.1. The zero-order valence-electron chi connectivity index (χ0n) is 12.0. The van der Waals surface area contributed by atoms with E-state index in [0.717, 1.165) is 16.8 Å². The lowest BCUT2D eigenvalue weighted by atomic mass is 9.52. The third-order valence-electron chi connectivity index (χ3n) is 6.17. The van der Waals surface area contributed by atoms with Crippen LogP contribution >= 0.6 is 15.9 Å². The molecule has 2 bridgehead atoms. The van der Waals surface area contributed by atoms with Crippen molar-refractivity contribution in [3.63, 3.8) is 0 Å². The number of benzene rings is 1. The number of likely N-dealkylation sites (tertiary alicyclic amines) is 1. The molecule has 4 rings (SSSR count). The van der Waals surface area contributed by atoms with Crippen LogP contribution in [0.1, 0.15) is 43.2 Å². The van der Waals surface area contributed by atoms with Crippen LogP contribution in [0.4, 0.5) is 0 Å². The smallest absolute Gasteiger partial charge is 0.130 e. The van der Waals surface area contributed by atoms with Crippen molar-refractivity contribution in [2.45, 2.75) is 50.0 Å². The highest BCUT2D eigenvalue weighted by Crippen LogP contribution is 2.58. The summed E-state index contributed by atoms with van der Waals surface area (Å²) in [4.78, 5) is 2.58. The molecule has 1 aromatic carbocycles. The molecule has 1 heterocycles. The topological polar surface area (TPSA) is 23.5 Å². The van der Waals surface area contributed by atoms with Crippen LogP contribution in [0, 0.1) is 5.92 Å². The first-order valence-electron chi connectivity index (χ1n) is 7.84. The summed E-state index contributed by atoms with van der Waals surface area (Å²) in [6.07, 6.45) is 7.78. The maximum Gasteiger partial charge on any atom is 0.130 e. The molecule has 0 amide bonds. The molecule has 0 spiro atoms. The Morgan fingerprint density at radius 1 is 1.30 bits per heavy atom. The Labute approximate surface area is 129 Å². The number of aromatic hydroxyl groups is 1. The number of piperidine rings is 1. The highest BCUT2D eigenvalue weighted by molar-refractivity contribution is 9.10. The van der Waals surface area contributed by atoms with Gasteiger partial charge in [0.1, 0.15) is 5.75 Å². The van der Waals surface area contributed by atoms with Gasteiger partial charge in [0, 0.05) is 11.5 Å². The Bertz CT molecular complexity index is 558. The molecule has 2 fully saturated rings. The van der Waals surface area contributed by atoms with Gasteiger partial charge in [-0.1, -0.05) is 18.9 Å². The van der Waals surface area contributed by atoms with E-state index in [-0.39, 0.29) is 0 Å². The Kier molecular flexibility index (Phi) is 2.94. The van der Waals surface area contributed by atoms with Crippen molar-refractivity contribution in [2.24, 2.45) is 5.92 Å². The summed E-state index contributed by atoms with van der Waals surface area (Å²) in [5, 5.41) is 10.2. The Morgan fingerprint density at radius 2 is 2.15 bits per heavy atom. The molecule has 1 aromatic rings. The number of nitrogens with zero attached hydrogens (tertiary/aromatic N) is 1. The molecule has 1 aliphatic heterocycles. The molecule has 2 nitrogen and oxygen atoms in total. The lowest BCUT2D eigenvalue weighted by Gasteiger charge is -2.58. The van der Waals surface area contributed by atoms with Crippen LogP contribution in [0.3, 0.4) is 0 Å². The fraction of sp³-hybridized carbons (Fsp3) is 0.647. The second kappa shape index (κ2) is 4.48. The van der Waals surface area contributed by atoms with Crippen molar-refractivity contribution in [1.29, 1.82) is 0 Å². The van der Waals surface area contributed by atoms with E-state index >= 15 is 0 Å². The molecule has 3 atom stereocenters. The summed E-state index contributed by atoms with van der Waals surface area (Å²) < 4.78 is 0.977. The zero-order valence-corrected chi connectivity index (χ0v) is 13.6. The van der Waals surface area contributed by atoms with Crippen molar-refractivity contribution in [1.82, 2.24) is 4.90 Å². The van der Waals surface area contributed by atoms with Gasteiger partial charge in [0.15, 0.2) is 0 Å². The maximum atomic E-state index is 10.2. The Morgan fingerprint density at radius 3 is 3.00 bits per heavy atom.